The predicted molar refractivity (Wildman–Crippen MR) is 78.0 cm³/mol. The van der Waals surface area contributed by atoms with Crippen molar-refractivity contribution in [1.82, 2.24) is 9.55 Å². The van der Waals surface area contributed by atoms with E-state index in [4.69, 9.17) is 5.11 Å². The number of nitrogens with one attached hydrogen (secondary N) is 1. The summed E-state index contributed by atoms with van der Waals surface area (Å²) < 4.78 is 2.10. The molecular weight excluding hydrogens is 254 g/mol. The van der Waals surface area contributed by atoms with Crippen LogP contribution >= 0.6 is 0 Å². The van der Waals surface area contributed by atoms with Crippen molar-refractivity contribution < 1.29 is 9.90 Å². The Morgan fingerprint density at radius 3 is 2.95 bits per heavy atom. The zero-order valence-corrected chi connectivity index (χ0v) is 11.8. The first kappa shape index (κ1) is 14.1. The number of carboxylic acid groups (broad SMARTS) is 1. The van der Waals surface area contributed by atoms with E-state index in [1.165, 1.54) is 0 Å². The maximum absolute atomic E-state index is 11.0. The zero-order chi connectivity index (χ0) is 14.5. The fourth-order valence-corrected chi connectivity index (χ4v) is 2.07. The standard InChI is InChI=1S/C15H19N3O2/c1-3-6-18-10-16-8-13(18)9-17-14-7-12(15(19)20)5-4-11(14)2/h4-5,7-8,10,17H,3,6,9H2,1-2H3,(H,19,20). The molecule has 2 N–H and O–H groups in total. The Morgan fingerprint density at radius 2 is 2.25 bits per heavy atom. The van der Waals surface area contributed by atoms with E-state index in [1.807, 2.05) is 25.5 Å². The maximum atomic E-state index is 11.0. The molecular formula is C15H19N3O2. The number of carbonyl (C=O) groups is 1. The molecule has 1 heterocycles. The van der Waals surface area contributed by atoms with Gasteiger partial charge >= 0.3 is 5.97 Å². The van der Waals surface area contributed by atoms with Crippen LogP contribution < -0.4 is 5.32 Å². The molecule has 5 heteroatoms. The summed E-state index contributed by atoms with van der Waals surface area (Å²) in [6.45, 7) is 5.64. The van der Waals surface area contributed by atoms with Gasteiger partial charge in [-0.1, -0.05) is 13.0 Å². The minimum Gasteiger partial charge on any atom is -0.478 e. The molecule has 5 nitrogen and oxygen atoms in total. The molecule has 1 aromatic carbocycles. The van der Waals surface area contributed by atoms with Crippen molar-refractivity contribution in [3.8, 4) is 0 Å². The topological polar surface area (TPSA) is 67.2 Å². The molecule has 0 aliphatic carbocycles. The third kappa shape index (κ3) is 3.17. The molecule has 0 bridgehead atoms. The molecule has 0 spiro atoms. The van der Waals surface area contributed by atoms with Crippen molar-refractivity contribution in [2.45, 2.75) is 33.4 Å². The number of nitrogens with zero attached hydrogens (tertiary/aromatic N) is 2. The fourth-order valence-electron chi connectivity index (χ4n) is 2.07. The Kier molecular flexibility index (Phi) is 4.40. The first-order valence-electron chi connectivity index (χ1n) is 6.68. The van der Waals surface area contributed by atoms with Gasteiger partial charge in [-0.05, 0) is 31.0 Å². The van der Waals surface area contributed by atoms with Crippen LogP contribution in [0, 0.1) is 6.92 Å². The lowest BCUT2D eigenvalue weighted by Crippen LogP contribution is -2.08. The molecule has 2 rings (SSSR count). The normalized spacial score (nSPS) is 10.5. The number of aromatic carboxylic acids is 1. The molecule has 2 aromatic rings. The van der Waals surface area contributed by atoms with E-state index in [0.29, 0.717) is 12.1 Å². The molecule has 0 unspecified atom stereocenters. The second kappa shape index (κ2) is 6.23. The number of imidazole rings is 1. The Bertz CT molecular complexity index is 605. The van der Waals surface area contributed by atoms with Crippen LogP contribution in [0.4, 0.5) is 5.69 Å². The molecule has 0 amide bonds. The highest BCUT2D eigenvalue weighted by Gasteiger charge is 2.07. The molecule has 1 aromatic heterocycles. The van der Waals surface area contributed by atoms with Gasteiger partial charge in [-0.25, -0.2) is 9.78 Å². The van der Waals surface area contributed by atoms with E-state index < -0.39 is 5.97 Å². The summed E-state index contributed by atoms with van der Waals surface area (Å²) >= 11 is 0. The van der Waals surface area contributed by atoms with Gasteiger partial charge in [-0.15, -0.1) is 0 Å². The lowest BCUT2D eigenvalue weighted by molar-refractivity contribution is 0.0697. The number of hydrogen-bond acceptors (Lipinski definition) is 3. The Hall–Kier alpha value is -2.30. The molecule has 20 heavy (non-hydrogen) atoms. The van der Waals surface area contributed by atoms with Crippen LogP contribution in [-0.4, -0.2) is 20.6 Å². The lowest BCUT2D eigenvalue weighted by atomic mass is 10.1. The van der Waals surface area contributed by atoms with Gasteiger partial charge in [0.25, 0.3) is 0 Å². The smallest absolute Gasteiger partial charge is 0.335 e. The highest BCUT2D eigenvalue weighted by Crippen LogP contribution is 2.18. The van der Waals surface area contributed by atoms with E-state index in [0.717, 1.165) is 29.9 Å². The van der Waals surface area contributed by atoms with Crippen LogP contribution in [0.1, 0.15) is 35.0 Å². The third-order valence-electron chi connectivity index (χ3n) is 3.21. The summed E-state index contributed by atoms with van der Waals surface area (Å²) in [5.41, 5.74) is 3.25. The molecule has 0 saturated carbocycles. The van der Waals surface area contributed by atoms with Crippen molar-refractivity contribution in [1.29, 1.82) is 0 Å². The van der Waals surface area contributed by atoms with Crippen molar-refractivity contribution in [3.63, 3.8) is 0 Å². The lowest BCUT2D eigenvalue weighted by Gasteiger charge is -2.12. The maximum Gasteiger partial charge on any atom is 0.335 e. The molecule has 0 aliphatic heterocycles. The van der Waals surface area contributed by atoms with E-state index in [1.54, 1.807) is 12.1 Å². The first-order chi connectivity index (χ1) is 9.61. The van der Waals surface area contributed by atoms with Gasteiger partial charge in [0.1, 0.15) is 0 Å². The van der Waals surface area contributed by atoms with Crippen LogP contribution in [0.3, 0.4) is 0 Å². The SMILES string of the molecule is CCCn1cncc1CNc1cc(C(=O)O)ccc1C. The van der Waals surface area contributed by atoms with Crippen LogP contribution in [0.15, 0.2) is 30.7 Å². The second-order valence-corrected chi connectivity index (χ2v) is 4.77. The average molecular weight is 273 g/mol. The quantitative estimate of drug-likeness (QED) is 0.849. The monoisotopic (exact) mass is 273 g/mol. The van der Waals surface area contributed by atoms with Gasteiger partial charge in [0.15, 0.2) is 0 Å². The summed E-state index contributed by atoms with van der Waals surface area (Å²) in [5.74, 6) is -0.913. The van der Waals surface area contributed by atoms with Crippen LogP contribution in [-0.2, 0) is 13.1 Å². The minimum absolute atomic E-state index is 0.292. The zero-order valence-electron chi connectivity index (χ0n) is 11.8. The van der Waals surface area contributed by atoms with Gasteiger partial charge < -0.3 is 15.0 Å². The van der Waals surface area contributed by atoms with Gasteiger partial charge in [0.2, 0.25) is 0 Å². The van der Waals surface area contributed by atoms with E-state index in [2.05, 4.69) is 21.8 Å². The number of aryl methyl sites for hydroxylation is 2. The van der Waals surface area contributed by atoms with Crippen LogP contribution in [0.2, 0.25) is 0 Å². The van der Waals surface area contributed by atoms with Gasteiger partial charge in [0.05, 0.1) is 24.1 Å². The van der Waals surface area contributed by atoms with Gasteiger partial charge in [0, 0.05) is 18.4 Å². The second-order valence-electron chi connectivity index (χ2n) is 4.77. The summed E-state index contributed by atoms with van der Waals surface area (Å²) in [7, 11) is 0. The van der Waals surface area contributed by atoms with Crippen molar-refractivity contribution in [2.75, 3.05) is 5.32 Å². The minimum atomic E-state index is -0.913. The number of benzene rings is 1. The Morgan fingerprint density at radius 1 is 1.45 bits per heavy atom. The highest BCUT2D eigenvalue weighted by atomic mass is 16.4. The van der Waals surface area contributed by atoms with E-state index in [9.17, 15) is 4.79 Å². The fraction of sp³-hybridized carbons (Fsp3) is 0.333. The largest absolute Gasteiger partial charge is 0.478 e. The van der Waals surface area contributed by atoms with Crippen molar-refractivity contribution in [3.05, 3.63) is 47.5 Å². The summed E-state index contributed by atoms with van der Waals surface area (Å²) in [4.78, 5) is 15.1. The Labute approximate surface area is 118 Å². The number of rotatable bonds is 6. The van der Waals surface area contributed by atoms with Gasteiger partial charge in [-0.3, -0.25) is 0 Å². The molecule has 0 radical (unpaired) electrons. The first-order valence-corrected chi connectivity index (χ1v) is 6.68. The number of carboxylic acids is 1. The number of aromatic nitrogens is 2. The van der Waals surface area contributed by atoms with Gasteiger partial charge in [-0.2, -0.15) is 0 Å². The summed E-state index contributed by atoms with van der Waals surface area (Å²) in [6, 6.07) is 5.09. The Balaban J connectivity index is 2.12. The average Bonchev–Trinajstić information content (AvgIpc) is 2.85. The number of anilines is 1. The molecule has 0 saturated heterocycles. The molecule has 0 aliphatic rings. The number of hydrogen-bond donors (Lipinski definition) is 2. The van der Waals surface area contributed by atoms with Crippen LogP contribution in [0.25, 0.3) is 0 Å². The molecule has 0 atom stereocenters. The van der Waals surface area contributed by atoms with E-state index in [-0.39, 0.29) is 0 Å². The van der Waals surface area contributed by atoms with E-state index >= 15 is 0 Å². The van der Waals surface area contributed by atoms with Crippen molar-refractivity contribution in [2.24, 2.45) is 0 Å². The molecule has 0 fully saturated rings. The molecule has 106 valence electrons. The van der Waals surface area contributed by atoms with Crippen molar-refractivity contribution >= 4 is 11.7 Å². The summed E-state index contributed by atoms with van der Waals surface area (Å²) in [6.07, 6.45) is 4.71. The third-order valence-corrected chi connectivity index (χ3v) is 3.21. The van der Waals surface area contributed by atoms with Crippen LogP contribution in [0.5, 0.6) is 0 Å². The predicted octanol–water partition coefficient (Wildman–Crippen LogP) is 2.91. The summed E-state index contributed by atoms with van der Waals surface area (Å²) in [5, 5.41) is 12.3. The highest BCUT2D eigenvalue weighted by molar-refractivity contribution is 5.89.